The first-order valence-corrected chi connectivity index (χ1v) is 13.8. The van der Waals surface area contributed by atoms with Crippen molar-refractivity contribution in [2.75, 3.05) is 35.9 Å². The van der Waals surface area contributed by atoms with Crippen LogP contribution in [0.15, 0.2) is 40.6 Å². The second-order valence-corrected chi connectivity index (χ2v) is 11.4. The van der Waals surface area contributed by atoms with Crippen LogP contribution in [-0.4, -0.2) is 40.5 Å². The molecule has 1 aromatic heterocycles. The van der Waals surface area contributed by atoms with Gasteiger partial charge in [0.2, 0.25) is 0 Å². The Labute approximate surface area is 209 Å². The van der Waals surface area contributed by atoms with Crippen LogP contribution < -0.4 is 9.62 Å². The van der Waals surface area contributed by atoms with Crippen LogP contribution in [-0.2, 0) is 21.2 Å². The number of nitrogens with one attached hydrogen (secondary N) is 1. The van der Waals surface area contributed by atoms with Crippen LogP contribution in [0, 0.1) is 33.5 Å². The monoisotopic (exact) mass is 516 g/mol. The normalized spacial score (nSPS) is 14.3. The van der Waals surface area contributed by atoms with E-state index in [4.69, 9.17) is 4.74 Å². The number of anilines is 2. The minimum absolute atomic E-state index is 0.0242. The van der Waals surface area contributed by atoms with Gasteiger partial charge in [-0.25, -0.2) is 12.8 Å². The van der Waals surface area contributed by atoms with Gasteiger partial charge in [-0.2, -0.15) is 0 Å². The molecular formula is C26H29FN2O4S2. The lowest BCUT2D eigenvalue weighted by atomic mass is 9.92. The molecule has 9 heteroatoms. The first-order valence-electron chi connectivity index (χ1n) is 11.4. The number of hydrogen-bond acceptors (Lipinski definition) is 6. The predicted octanol–water partition coefficient (Wildman–Crippen LogP) is 5.18. The van der Waals surface area contributed by atoms with Gasteiger partial charge in [-0.3, -0.25) is 9.52 Å². The van der Waals surface area contributed by atoms with E-state index in [0.29, 0.717) is 23.7 Å². The Morgan fingerprint density at radius 2 is 1.77 bits per heavy atom. The van der Waals surface area contributed by atoms with Crippen molar-refractivity contribution < 1.29 is 22.3 Å². The van der Waals surface area contributed by atoms with Crippen molar-refractivity contribution in [1.29, 1.82) is 0 Å². The van der Waals surface area contributed by atoms with Crippen molar-refractivity contribution in [3.05, 3.63) is 74.2 Å². The Balaban J connectivity index is 1.61. The number of Topliss-reactive ketones (excluding diaryl/α,β-unsaturated/α-hetero) is 1. The molecule has 35 heavy (non-hydrogen) atoms. The van der Waals surface area contributed by atoms with E-state index in [1.807, 2.05) is 13.8 Å². The molecule has 0 aliphatic carbocycles. The molecule has 6 nitrogen and oxygen atoms in total. The third kappa shape index (κ3) is 5.27. The molecule has 2 heterocycles. The van der Waals surface area contributed by atoms with Crippen molar-refractivity contribution in [2.45, 2.75) is 39.0 Å². The summed E-state index contributed by atoms with van der Waals surface area (Å²) in [6.45, 7) is 10.6. The molecule has 1 N–H and O–H groups in total. The molecular weight excluding hydrogens is 487 g/mol. The summed E-state index contributed by atoms with van der Waals surface area (Å²) < 4.78 is 47.4. The topological polar surface area (TPSA) is 75.7 Å². The molecule has 1 aliphatic rings. The number of sulfonamides is 1. The number of ketones is 1. The second-order valence-electron chi connectivity index (χ2n) is 8.84. The molecule has 1 aliphatic heterocycles. The van der Waals surface area contributed by atoms with E-state index in [2.05, 4.69) is 22.6 Å². The SMILES string of the molecule is Cc1cc(F)ccc1S(=O)(=O)Nc1ccsc1C(=O)Cc1c(C)cc(C)c(N2CCOCC2)c1C. The zero-order valence-corrected chi connectivity index (χ0v) is 21.9. The van der Waals surface area contributed by atoms with Gasteiger partial charge in [-0.05, 0) is 85.2 Å². The largest absolute Gasteiger partial charge is 0.378 e. The van der Waals surface area contributed by atoms with Crippen molar-refractivity contribution >= 4 is 38.5 Å². The fourth-order valence-electron chi connectivity index (χ4n) is 4.72. The van der Waals surface area contributed by atoms with E-state index in [1.54, 1.807) is 11.4 Å². The molecule has 0 atom stereocenters. The van der Waals surface area contributed by atoms with E-state index in [9.17, 15) is 17.6 Å². The highest BCUT2D eigenvalue weighted by molar-refractivity contribution is 7.92. The van der Waals surface area contributed by atoms with Crippen LogP contribution in [0.4, 0.5) is 15.8 Å². The van der Waals surface area contributed by atoms with E-state index < -0.39 is 15.8 Å². The molecule has 0 radical (unpaired) electrons. The summed E-state index contributed by atoms with van der Waals surface area (Å²) in [6, 6.07) is 7.20. The number of benzene rings is 2. The smallest absolute Gasteiger partial charge is 0.262 e. The molecule has 0 saturated carbocycles. The molecule has 2 aromatic carbocycles. The minimum Gasteiger partial charge on any atom is -0.378 e. The van der Waals surface area contributed by atoms with Gasteiger partial charge in [0.1, 0.15) is 5.82 Å². The standard InChI is InChI=1S/C26H29FN2O4S2/c1-16-13-18(3)25(29-8-10-33-11-9-29)19(4)21(16)15-23(30)26-22(7-12-34-26)28-35(31,32)24-6-5-20(27)14-17(24)2/h5-7,12-14,28H,8-11,15H2,1-4H3. The number of thiophene rings is 1. The van der Waals surface area contributed by atoms with Crippen LogP contribution in [0.2, 0.25) is 0 Å². The fourth-order valence-corrected chi connectivity index (χ4v) is 6.87. The summed E-state index contributed by atoms with van der Waals surface area (Å²) in [4.78, 5) is 16.0. The average Bonchev–Trinajstić information content (AvgIpc) is 3.24. The predicted molar refractivity (Wildman–Crippen MR) is 138 cm³/mol. The number of carbonyl (C=O) groups is 1. The molecule has 0 unspecified atom stereocenters. The summed E-state index contributed by atoms with van der Waals surface area (Å²) in [5.41, 5.74) is 5.89. The highest BCUT2D eigenvalue weighted by Gasteiger charge is 2.24. The second kappa shape index (κ2) is 10.1. The lowest BCUT2D eigenvalue weighted by Crippen LogP contribution is -2.37. The quantitative estimate of drug-likeness (QED) is 0.438. The summed E-state index contributed by atoms with van der Waals surface area (Å²) in [5.74, 6) is -0.662. The first kappa shape index (κ1) is 25.3. The van der Waals surface area contributed by atoms with E-state index in [0.717, 1.165) is 47.1 Å². The summed E-state index contributed by atoms with van der Waals surface area (Å²) in [5, 5.41) is 1.69. The fraction of sp³-hybridized carbons (Fsp3) is 0.346. The summed E-state index contributed by atoms with van der Waals surface area (Å²) in [7, 11) is -3.98. The van der Waals surface area contributed by atoms with Crippen LogP contribution in [0.25, 0.3) is 0 Å². The van der Waals surface area contributed by atoms with Crippen LogP contribution >= 0.6 is 11.3 Å². The average molecular weight is 517 g/mol. The van der Waals surface area contributed by atoms with Crippen molar-refractivity contribution in [2.24, 2.45) is 0 Å². The van der Waals surface area contributed by atoms with Crippen LogP contribution in [0.5, 0.6) is 0 Å². The lowest BCUT2D eigenvalue weighted by Gasteiger charge is -2.32. The Morgan fingerprint density at radius 1 is 1.06 bits per heavy atom. The van der Waals surface area contributed by atoms with Crippen molar-refractivity contribution in [3.63, 3.8) is 0 Å². The number of carbonyl (C=O) groups excluding carboxylic acids is 1. The zero-order chi connectivity index (χ0) is 25.3. The maximum absolute atomic E-state index is 13.5. The molecule has 186 valence electrons. The number of aryl methyl sites for hydroxylation is 3. The van der Waals surface area contributed by atoms with Crippen molar-refractivity contribution in [1.82, 2.24) is 0 Å². The number of hydrogen-bond donors (Lipinski definition) is 1. The Hall–Kier alpha value is -2.75. The van der Waals surface area contributed by atoms with Gasteiger partial charge >= 0.3 is 0 Å². The van der Waals surface area contributed by atoms with Gasteiger partial charge in [0, 0.05) is 25.2 Å². The Bertz CT molecular complexity index is 1380. The third-order valence-electron chi connectivity index (χ3n) is 6.34. The number of ether oxygens (including phenoxy) is 1. The van der Waals surface area contributed by atoms with Gasteiger partial charge in [-0.15, -0.1) is 11.3 Å². The van der Waals surface area contributed by atoms with Crippen LogP contribution in [0.3, 0.4) is 0 Å². The van der Waals surface area contributed by atoms with Gasteiger partial charge < -0.3 is 9.64 Å². The molecule has 0 spiro atoms. The molecule has 3 aromatic rings. The molecule has 0 bridgehead atoms. The minimum atomic E-state index is -3.98. The van der Waals surface area contributed by atoms with Crippen LogP contribution in [0.1, 0.15) is 37.5 Å². The Morgan fingerprint density at radius 3 is 2.46 bits per heavy atom. The molecule has 1 fully saturated rings. The molecule has 0 amide bonds. The summed E-state index contributed by atoms with van der Waals surface area (Å²) in [6.07, 6.45) is 0.167. The first-order chi connectivity index (χ1) is 16.6. The zero-order valence-electron chi connectivity index (χ0n) is 20.3. The van der Waals surface area contributed by atoms with Crippen molar-refractivity contribution in [3.8, 4) is 0 Å². The number of rotatable bonds is 7. The highest BCUT2D eigenvalue weighted by Crippen LogP contribution is 2.33. The molecule has 1 saturated heterocycles. The lowest BCUT2D eigenvalue weighted by molar-refractivity contribution is 0.0997. The maximum atomic E-state index is 13.5. The highest BCUT2D eigenvalue weighted by atomic mass is 32.2. The number of morpholine rings is 1. The van der Waals surface area contributed by atoms with E-state index in [1.165, 1.54) is 30.4 Å². The third-order valence-corrected chi connectivity index (χ3v) is 8.83. The number of halogens is 1. The van der Waals surface area contributed by atoms with Gasteiger partial charge in [0.15, 0.2) is 5.78 Å². The van der Waals surface area contributed by atoms with Gasteiger partial charge in [0.25, 0.3) is 10.0 Å². The summed E-state index contributed by atoms with van der Waals surface area (Å²) >= 11 is 1.20. The van der Waals surface area contributed by atoms with Gasteiger partial charge in [0.05, 0.1) is 28.7 Å². The maximum Gasteiger partial charge on any atom is 0.262 e. The van der Waals surface area contributed by atoms with E-state index >= 15 is 0 Å². The van der Waals surface area contributed by atoms with Gasteiger partial charge in [-0.1, -0.05) is 6.07 Å². The number of nitrogens with zero attached hydrogens (tertiary/aromatic N) is 1. The Kier molecular flexibility index (Phi) is 7.30. The molecule has 4 rings (SSSR count). The van der Waals surface area contributed by atoms with E-state index in [-0.39, 0.29) is 22.8 Å².